The highest BCUT2D eigenvalue weighted by Crippen LogP contribution is 2.34. The minimum Gasteiger partial charge on any atom is -0.491 e. The monoisotopic (exact) mass is 521 g/mol. The highest BCUT2D eigenvalue weighted by molar-refractivity contribution is 6.30. The molecule has 3 N–H and O–H groups in total. The third-order valence-electron chi connectivity index (χ3n) is 4.96. The lowest BCUT2D eigenvalue weighted by Crippen LogP contribution is -2.47. The van der Waals surface area contributed by atoms with Crippen molar-refractivity contribution in [3.8, 4) is 5.75 Å². The maximum absolute atomic E-state index is 13.5. The Labute approximate surface area is 215 Å². The number of hydrogen-bond acceptors (Lipinski definition) is 5. The van der Waals surface area contributed by atoms with E-state index in [4.69, 9.17) is 26.8 Å². The number of primary amides is 1. The van der Waals surface area contributed by atoms with Crippen LogP contribution >= 0.6 is 11.6 Å². The molecule has 0 aliphatic carbocycles. The summed E-state index contributed by atoms with van der Waals surface area (Å²) in [7, 11) is 0. The van der Waals surface area contributed by atoms with Crippen LogP contribution in [0.15, 0.2) is 42.5 Å². The molecule has 0 radical (unpaired) electrons. The summed E-state index contributed by atoms with van der Waals surface area (Å²) in [6, 6.07) is 10.5. The standard InChI is InChI=1S/C14H19FN2O3.C12H14ClNO2/c1-14(2,3)20-13(19)17-11(12(16)18)8-9-6-4-5-7-10(9)15;1-8(2)14-10-4-3-9(13)7-11(10)16-6-5-12(14)15/h4-7,11H,8H2,1-3H3,(H2,16,18)(H,17,19);3-4,7-8H,5-6H2,1-2H3. The number of hydrogen-bond donors (Lipinski definition) is 2. The number of nitrogens with two attached hydrogens (primary N) is 1. The average molecular weight is 522 g/mol. The molecule has 1 aliphatic rings. The topological polar surface area (TPSA) is 111 Å². The van der Waals surface area contributed by atoms with Gasteiger partial charge in [0.05, 0.1) is 18.7 Å². The van der Waals surface area contributed by atoms with E-state index in [1.54, 1.807) is 49.9 Å². The predicted octanol–water partition coefficient (Wildman–Crippen LogP) is 4.61. The molecular weight excluding hydrogens is 489 g/mol. The number of anilines is 1. The zero-order valence-electron chi connectivity index (χ0n) is 21.1. The van der Waals surface area contributed by atoms with E-state index in [9.17, 15) is 18.8 Å². The Morgan fingerprint density at radius 1 is 1.22 bits per heavy atom. The number of amides is 3. The molecular formula is C26H33ClFN3O5. The molecule has 0 fully saturated rings. The van der Waals surface area contributed by atoms with Crippen LogP contribution in [-0.4, -0.2) is 42.2 Å². The Bertz CT molecular complexity index is 1090. The fraction of sp³-hybridized carbons (Fsp3) is 0.423. The Morgan fingerprint density at radius 3 is 2.47 bits per heavy atom. The maximum atomic E-state index is 13.5. The van der Waals surface area contributed by atoms with Gasteiger partial charge in [-0.15, -0.1) is 0 Å². The third-order valence-corrected chi connectivity index (χ3v) is 5.19. The summed E-state index contributed by atoms with van der Waals surface area (Å²) >= 11 is 5.91. The SMILES string of the molecule is CC(C)(C)OC(=O)NC(Cc1ccccc1F)C(N)=O.CC(C)N1C(=O)CCOc2cc(Cl)ccc21. The fourth-order valence-corrected chi connectivity index (χ4v) is 3.59. The van der Waals surface area contributed by atoms with Crippen LogP contribution < -0.4 is 20.7 Å². The lowest BCUT2D eigenvalue weighted by Gasteiger charge is -2.25. The van der Waals surface area contributed by atoms with Gasteiger partial charge in [0.15, 0.2) is 0 Å². The van der Waals surface area contributed by atoms with Crippen molar-refractivity contribution in [3.05, 3.63) is 58.9 Å². The Kier molecular flexibility index (Phi) is 10.1. The maximum Gasteiger partial charge on any atom is 0.408 e. The second kappa shape index (κ2) is 12.6. The van der Waals surface area contributed by atoms with Crippen LogP contribution in [0.3, 0.4) is 0 Å². The normalized spacial score (nSPS) is 14.0. The molecule has 0 saturated heterocycles. The first-order chi connectivity index (χ1) is 16.8. The summed E-state index contributed by atoms with van der Waals surface area (Å²) in [4.78, 5) is 36.6. The van der Waals surface area contributed by atoms with E-state index < -0.39 is 29.5 Å². The summed E-state index contributed by atoms with van der Waals surface area (Å²) in [6.07, 6.45) is -0.385. The minimum atomic E-state index is -1.03. The van der Waals surface area contributed by atoms with Crippen LogP contribution in [-0.2, 0) is 20.7 Å². The van der Waals surface area contributed by atoms with Gasteiger partial charge < -0.3 is 25.4 Å². The summed E-state index contributed by atoms with van der Waals surface area (Å²) in [5.41, 5.74) is 5.63. The van der Waals surface area contributed by atoms with Gasteiger partial charge in [-0.3, -0.25) is 9.59 Å². The zero-order valence-corrected chi connectivity index (χ0v) is 21.9. The first kappa shape index (κ1) is 28.9. The predicted molar refractivity (Wildman–Crippen MR) is 137 cm³/mol. The molecule has 0 saturated carbocycles. The van der Waals surface area contributed by atoms with Crippen LogP contribution in [0, 0.1) is 5.82 Å². The quantitative estimate of drug-likeness (QED) is 0.597. The van der Waals surface area contributed by atoms with Gasteiger partial charge >= 0.3 is 6.09 Å². The van der Waals surface area contributed by atoms with Crippen LogP contribution in [0.1, 0.15) is 46.6 Å². The van der Waals surface area contributed by atoms with E-state index >= 15 is 0 Å². The van der Waals surface area contributed by atoms with Crippen LogP contribution in [0.2, 0.25) is 5.02 Å². The molecule has 0 bridgehead atoms. The van der Waals surface area contributed by atoms with Gasteiger partial charge in [-0.1, -0.05) is 29.8 Å². The molecule has 10 heteroatoms. The molecule has 36 heavy (non-hydrogen) atoms. The summed E-state index contributed by atoms with van der Waals surface area (Å²) in [5, 5.41) is 2.97. The molecule has 2 aromatic carbocycles. The number of fused-ring (bicyclic) bond motifs is 1. The molecule has 0 spiro atoms. The van der Waals surface area contributed by atoms with E-state index in [-0.39, 0.29) is 18.4 Å². The van der Waals surface area contributed by atoms with E-state index in [0.29, 0.717) is 29.4 Å². The highest BCUT2D eigenvalue weighted by Gasteiger charge is 2.26. The van der Waals surface area contributed by atoms with Crippen molar-refractivity contribution < 1.29 is 28.2 Å². The van der Waals surface area contributed by atoms with E-state index in [2.05, 4.69) is 5.32 Å². The fourth-order valence-electron chi connectivity index (χ4n) is 3.43. The van der Waals surface area contributed by atoms with E-state index in [1.165, 1.54) is 12.1 Å². The number of nitrogens with one attached hydrogen (secondary N) is 1. The summed E-state index contributed by atoms with van der Waals surface area (Å²) in [5.74, 6) is -0.424. The van der Waals surface area contributed by atoms with Gasteiger partial charge in [-0.2, -0.15) is 0 Å². The largest absolute Gasteiger partial charge is 0.491 e. The number of nitrogens with zero attached hydrogens (tertiary/aromatic N) is 1. The highest BCUT2D eigenvalue weighted by atomic mass is 35.5. The number of benzene rings is 2. The second-order valence-electron chi connectivity index (χ2n) is 9.46. The lowest BCUT2D eigenvalue weighted by atomic mass is 10.1. The Morgan fingerprint density at radius 2 is 1.89 bits per heavy atom. The number of alkyl carbamates (subject to hydrolysis) is 1. The number of halogens is 2. The van der Waals surface area contributed by atoms with Crippen molar-refractivity contribution in [3.63, 3.8) is 0 Å². The van der Waals surface area contributed by atoms with Crippen molar-refractivity contribution in [2.75, 3.05) is 11.5 Å². The van der Waals surface area contributed by atoms with Gasteiger partial charge in [0, 0.05) is 23.6 Å². The first-order valence-electron chi connectivity index (χ1n) is 11.5. The molecule has 1 unspecified atom stereocenters. The number of ether oxygens (including phenoxy) is 2. The van der Waals surface area contributed by atoms with Crippen molar-refractivity contribution >= 4 is 35.2 Å². The van der Waals surface area contributed by atoms with Crippen molar-refractivity contribution in [2.45, 2.75) is 65.1 Å². The molecule has 0 aromatic heterocycles. The number of rotatable bonds is 5. The van der Waals surface area contributed by atoms with Gasteiger partial charge in [-0.25, -0.2) is 9.18 Å². The van der Waals surface area contributed by atoms with E-state index in [1.807, 2.05) is 19.9 Å². The molecule has 196 valence electrons. The number of carbonyl (C=O) groups excluding carboxylic acids is 3. The molecule has 8 nitrogen and oxygen atoms in total. The van der Waals surface area contributed by atoms with Crippen LogP contribution in [0.4, 0.5) is 14.9 Å². The Hall–Kier alpha value is -3.33. The molecule has 1 aliphatic heterocycles. The van der Waals surface area contributed by atoms with E-state index in [0.717, 1.165) is 5.69 Å². The van der Waals surface area contributed by atoms with Crippen molar-refractivity contribution in [2.24, 2.45) is 5.73 Å². The molecule has 3 amide bonds. The van der Waals surface area contributed by atoms with Crippen molar-refractivity contribution in [1.29, 1.82) is 0 Å². The van der Waals surface area contributed by atoms with Crippen LogP contribution in [0.25, 0.3) is 0 Å². The van der Waals surface area contributed by atoms with Crippen LogP contribution in [0.5, 0.6) is 5.75 Å². The first-order valence-corrected chi connectivity index (χ1v) is 11.9. The second-order valence-corrected chi connectivity index (χ2v) is 9.90. The third kappa shape index (κ3) is 8.71. The van der Waals surface area contributed by atoms with Gasteiger partial charge in [0.1, 0.15) is 23.2 Å². The average Bonchev–Trinajstić information content (AvgIpc) is 2.91. The molecule has 2 aromatic rings. The van der Waals surface area contributed by atoms with Crippen molar-refractivity contribution in [1.82, 2.24) is 5.32 Å². The van der Waals surface area contributed by atoms with Gasteiger partial charge in [0.25, 0.3) is 0 Å². The zero-order chi connectivity index (χ0) is 27.0. The summed E-state index contributed by atoms with van der Waals surface area (Å²) in [6.45, 7) is 9.48. The molecule has 1 atom stereocenters. The smallest absolute Gasteiger partial charge is 0.408 e. The minimum absolute atomic E-state index is 0.0265. The lowest BCUT2D eigenvalue weighted by molar-refractivity contribution is -0.120. The molecule has 1 heterocycles. The number of carbonyl (C=O) groups is 3. The van der Waals surface area contributed by atoms with Gasteiger partial charge in [-0.05, 0) is 58.4 Å². The molecule has 3 rings (SSSR count). The summed E-state index contributed by atoms with van der Waals surface area (Å²) < 4.78 is 24.1. The Balaban J connectivity index is 0.000000259. The van der Waals surface area contributed by atoms with Gasteiger partial charge in [0.2, 0.25) is 11.8 Å².